The van der Waals surface area contributed by atoms with Gasteiger partial charge in [0.2, 0.25) is 0 Å². The lowest BCUT2D eigenvalue weighted by Crippen LogP contribution is -2.34. The smallest absolute Gasteiger partial charge is 0.129 e. The lowest BCUT2D eigenvalue weighted by Gasteiger charge is -2.19. The van der Waals surface area contributed by atoms with E-state index < -0.39 is 0 Å². The first-order chi connectivity index (χ1) is 8.90. The monoisotopic (exact) mass is 269 g/mol. The second-order valence-corrected chi connectivity index (χ2v) is 5.81. The van der Waals surface area contributed by atoms with Gasteiger partial charge in [0.05, 0.1) is 19.0 Å². The number of hydrogen-bond acceptors (Lipinski definition) is 4. The van der Waals surface area contributed by atoms with Gasteiger partial charge in [-0.25, -0.2) is 0 Å². The van der Waals surface area contributed by atoms with Crippen molar-refractivity contribution in [1.82, 2.24) is 5.32 Å². The number of hydrogen-bond donors (Lipinski definition) is 1. The Kier molecular flexibility index (Phi) is 6.55. The molecule has 19 heavy (non-hydrogen) atoms. The van der Waals surface area contributed by atoms with Crippen molar-refractivity contribution in [3.05, 3.63) is 23.7 Å². The summed E-state index contributed by atoms with van der Waals surface area (Å²) < 4.78 is 16.4. The zero-order valence-corrected chi connectivity index (χ0v) is 12.8. The standard InChI is InChI=1S/C15H27NO3/c1-6-17-9-12(2)18-11-14-7-13(10-19-14)8-16-15(3,4)5/h7,10,12,16H,6,8-9,11H2,1-5H3. The van der Waals surface area contributed by atoms with Crippen LogP contribution in [0.1, 0.15) is 45.9 Å². The van der Waals surface area contributed by atoms with Crippen LogP contribution in [0, 0.1) is 0 Å². The Bertz CT molecular complexity index is 355. The Morgan fingerprint density at radius 1 is 1.37 bits per heavy atom. The maximum atomic E-state index is 5.65. The van der Waals surface area contributed by atoms with Crippen LogP contribution in [-0.2, 0) is 22.6 Å². The van der Waals surface area contributed by atoms with Crippen LogP contribution in [-0.4, -0.2) is 24.9 Å². The predicted octanol–water partition coefficient (Wildman–Crippen LogP) is 3.11. The topological polar surface area (TPSA) is 43.6 Å². The van der Waals surface area contributed by atoms with Crippen molar-refractivity contribution in [2.24, 2.45) is 0 Å². The zero-order chi connectivity index (χ0) is 14.3. The normalized spacial score (nSPS) is 13.7. The molecule has 1 atom stereocenters. The molecule has 0 saturated heterocycles. The molecule has 0 radical (unpaired) electrons. The Labute approximate surface area is 116 Å². The van der Waals surface area contributed by atoms with Crippen molar-refractivity contribution in [3.63, 3.8) is 0 Å². The summed E-state index contributed by atoms with van der Waals surface area (Å²) in [5.74, 6) is 0.856. The van der Waals surface area contributed by atoms with Crippen LogP contribution in [0.25, 0.3) is 0 Å². The van der Waals surface area contributed by atoms with Crippen LogP contribution >= 0.6 is 0 Å². The van der Waals surface area contributed by atoms with Crippen molar-refractivity contribution >= 4 is 0 Å². The molecule has 1 rings (SSSR count). The molecule has 4 heteroatoms. The summed E-state index contributed by atoms with van der Waals surface area (Å²) >= 11 is 0. The summed E-state index contributed by atoms with van der Waals surface area (Å²) in [6.07, 6.45) is 1.87. The Morgan fingerprint density at radius 3 is 2.74 bits per heavy atom. The van der Waals surface area contributed by atoms with E-state index in [1.54, 1.807) is 6.26 Å². The molecule has 0 aliphatic carbocycles. The molecule has 0 fully saturated rings. The van der Waals surface area contributed by atoms with Crippen molar-refractivity contribution in [2.45, 2.75) is 59.4 Å². The van der Waals surface area contributed by atoms with Gasteiger partial charge in [-0.1, -0.05) is 0 Å². The third kappa shape index (κ3) is 7.35. The van der Waals surface area contributed by atoms with E-state index >= 15 is 0 Å². The van der Waals surface area contributed by atoms with Gasteiger partial charge in [-0.3, -0.25) is 0 Å². The van der Waals surface area contributed by atoms with Gasteiger partial charge in [0.25, 0.3) is 0 Å². The van der Waals surface area contributed by atoms with E-state index in [0.29, 0.717) is 13.2 Å². The number of ether oxygens (including phenoxy) is 2. The molecule has 0 bridgehead atoms. The molecular formula is C15H27NO3. The van der Waals surface area contributed by atoms with Gasteiger partial charge in [-0.05, 0) is 40.7 Å². The second kappa shape index (κ2) is 7.68. The third-order valence-corrected chi connectivity index (χ3v) is 2.60. The van der Waals surface area contributed by atoms with E-state index in [4.69, 9.17) is 13.9 Å². The van der Waals surface area contributed by atoms with Gasteiger partial charge in [0.1, 0.15) is 12.4 Å². The van der Waals surface area contributed by atoms with Crippen molar-refractivity contribution in [2.75, 3.05) is 13.2 Å². The molecule has 1 aromatic heterocycles. The molecule has 0 aliphatic rings. The van der Waals surface area contributed by atoms with Crippen molar-refractivity contribution in [3.8, 4) is 0 Å². The average molecular weight is 269 g/mol. The van der Waals surface area contributed by atoms with Gasteiger partial charge < -0.3 is 19.2 Å². The van der Waals surface area contributed by atoms with E-state index in [9.17, 15) is 0 Å². The second-order valence-electron chi connectivity index (χ2n) is 5.81. The van der Waals surface area contributed by atoms with Gasteiger partial charge in [-0.15, -0.1) is 0 Å². The van der Waals surface area contributed by atoms with Crippen LogP contribution in [0.4, 0.5) is 0 Å². The highest BCUT2D eigenvalue weighted by atomic mass is 16.5. The molecular weight excluding hydrogens is 242 g/mol. The first-order valence-electron chi connectivity index (χ1n) is 6.91. The molecule has 1 N–H and O–H groups in total. The fraction of sp³-hybridized carbons (Fsp3) is 0.733. The molecule has 0 amide bonds. The van der Waals surface area contributed by atoms with Crippen LogP contribution < -0.4 is 5.32 Å². The minimum Gasteiger partial charge on any atom is -0.467 e. The Balaban J connectivity index is 2.30. The number of rotatable bonds is 8. The number of nitrogens with one attached hydrogen (secondary N) is 1. The van der Waals surface area contributed by atoms with E-state index in [1.807, 2.05) is 19.9 Å². The summed E-state index contributed by atoms with van der Waals surface area (Å²) in [7, 11) is 0. The van der Waals surface area contributed by atoms with Crippen LogP contribution in [0.2, 0.25) is 0 Å². The summed E-state index contributed by atoms with van der Waals surface area (Å²) in [4.78, 5) is 0. The molecule has 0 aliphatic heterocycles. The van der Waals surface area contributed by atoms with Gasteiger partial charge in [0, 0.05) is 24.3 Å². The molecule has 1 heterocycles. The van der Waals surface area contributed by atoms with Crippen LogP contribution in [0.15, 0.2) is 16.7 Å². The fourth-order valence-corrected chi connectivity index (χ4v) is 1.52. The van der Waals surface area contributed by atoms with E-state index in [-0.39, 0.29) is 11.6 Å². The minimum atomic E-state index is 0.0844. The minimum absolute atomic E-state index is 0.0844. The third-order valence-electron chi connectivity index (χ3n) is 2.60. The van der Waals surface area contributed by atoms with Crippen LogP contribution in [0.3, 0.4) is 0 Å². The zero-order valence-electron chi connectivity index (χ0n) is 12.8. The Hall–Kier alpha value is -0.840. The first-order valence-corrected chi connectivity index (χ1v) is 6.91. The van der Waals surface area contributed by atoms with Crippen molar-refractivity contribution < 1.29 is 13.9 Å². The highest BCUT2D eigenvalue weighted by Crippen LogP contribution is 2.11. The van der Waals surface area contributed by atoms with E-state index in [1.165, 1.54) is 0 Å². The highest BCUT2D eigenvalue weighted by Gasteiger charge is 2.10. The largest absolute Gasteiger partial charge is 0.467 e. The summed E-state index contributed by atoms with van der Waals surface area (Å²) in [5, 5.41) is 3.42. The molecule has 4 nitrogen and oxygen atoms in total. The number of furan rings is 1. The predicted molar refractivity (Wildman–Crippen MR) is 76.0 cm³/mol. The summed E-state index contributed by atoms with van der Waals surface area (Å²) in [6, 6.07) is 2.03. The molecule has 0 spiro atoms. The maximum Gasteiger partial charge on any atom is 0.129 e. The SMILES string of the molecule is CCOCC(C)OCc1cc(CNC(C)(C)C)co1. The molecule has 1 aromatic rings. The highest BCUT2D eigenvalue weighted by molar-refractivity contribution is 5.12. The summed E-state index contributed by atoms with van der Waals surface area (Å²) in [6.45, 7) is 13.1. The van der Waals surface area contributed by atoms with E-state index in [0.717, 1.165) is 24.5 Å². The molecule has 110 valence electrons. The van der Waals surface area contributed by atoms with E-state index in [2.05, 4.69) is 26.1 Å². The van der Waals surface area contributed by atoms with Gasteiger partial charge in [0.15, 0.2) is 0 Å². The van der Waals surface area contributed by atoms with Crippen molar-refractivity contribution in [1.29, 1.82) is 0 Å². The molecule has 0 aromatic carbocycles. The maximum absolute atomic E-state index is 5.65. The quantitative estimate of drug-likeness (QED) is 0.787. The first kappa shape index (κ1) is 16.2. The molecule has 0 saturated carbocycles. The lowest BCUT2D eigenvalue weighted by molar-refractivity contribution is -0.0170. The Morgan fingerprint density at radius 2 is 2.11 bits per heavy atom. The average Bonchev–Trinajstić information content (AvgIpc) is 2.78. The van der Waals surface area contributed by atoms with Crippen LogP contribution in [0.5, 0.6) is 0 Å². The lowest BCUT2D eigenvalue weighted by atomic mass is 10.1. The fourth-order valence-electron chi connectivity index (χ4n) is 1.52. The van der Waals surface area contributed by atoms with Gasteiger partial charge >= 0.3 is 0 Å². The summed E-state index contributed by atoms with van der Waals surface area (Å²) in [5.41, 5.74) is 1.26. The molecule has 1 unspecified atom stereocenters. The van der Waals surface area contributed by atoms with Gasteiger partial charge in [-0.2, -0.15) is 0 Å².